The Bertz CT molecular complexity index is 377. The molecular formula is C13H17N. The number of allylic oxidation sites excluding steroid dienone is 1. The van der Waals surface area contributed by atoms with Gasteiger partial charge in [0.1, 0.15) is 0 Å². The quantitative estimate of drug-likeness (QED) is 0.707. The molecule has 1 aliphatic heterocycles. The molecule has 2 rings (SSSR count). The van der Waals surface area contributed by atoms with E-state index in [9.17, 15) is 0 Å². The summed E-state index contributed by atoms with van der Waals surface area (Å²) in [6, 6.07) is 6.48. The van der Waals surface area contributed by atoms with Gasteiger partial charge in [-0.15, -0.1) is 0 Å². The van der Waals surface area contributed by atoms with E-state index in [2.05, 4.69) is 50.9 Å². The van der Waals surface area contributed by atoms with Gasteiger partial charge in [0.15, 0.2) is 0 Å². The topological polar surface area (TPSA) is 12.0 Å². The number of benzene rings is 1. The van der Waals surface area contributed by atoms with E-state index >= 15 is 0 Å². The Morgan fingerprint density at radius 3 is 2.71 bits per heavy atom. The Labute approximate surface area is 85.8 Å². The maximum absolute atomic E-state index is 4.10. The van der Waals surface area contributed by atoms with Gasteiger partial charge in [0.25, 0.3) is 0 Å². The summed E-state index contributed by atoms with van der Waals surface area (Å²) in [6.45, 7) is 10.7. The summed E-state index contributed by atoms with van der Waals surface area (Å²) in [5, 5.41) is 3.40. The van der Waals surface area contributed by atoms with Crippen LogP contribution in [0.1, 0.15) is 30.9 Å². The number of aryl methyl sites for hydroxylation is 1. The van der Waals surface area contributed by atoms with Crippen molar-refractivity contribution >= 4 is 5.69 Å². The van der Waals surface area contributed by atoms with Crippen molar-refractivity contribution in [1.29, 1.82) is 0 Å². The standard InChI is InChI=1S/C13H17N/c1-8(2)12-10(4)14-13-9(3)6-5-7-11(12)13/h5-8,12,14H,4H2,1-3H3. The maximum atomic E-state index is 4.10. The van der Waals surface area contributed by atoms with Crippen LogP contribution in [-0.4, -0.2) is 0 Å². The molecule has 1 aromatic carbocycles. The monoisotopic (exact) mass is 187 g/mol. The fourth-order valence-corrected chi connectivity index (χ4v) is 2.31. The second-order valence-corrected chi connectivity index (χ2v) is 4.41. The summed E-state index contributed by atoms with van der Waals surface area (Å²) in [4.78, 5) is 0. The normalized spacial score (nSPS) is 19.7. The van der Waals surface area contributed by atoms with Crippen molar-refractivity contribution in [3.8, 4) is 0 Å². The van der Waals surface area contributed by atoms with E-state index in [1.165, 1.54) is 16.8 Å². The summed E-state index contributed by atoms with van der Waals surface area (Å²) in [5.74, 6) is 1.09. The van der Waals surface area contributed by atoms with Crippen molar-refractivity contribution in [3.63, 3.8) is 0 Å². The van der Waals surface area contributed by atoms with Gasteiger partial charge in [-0.2, -0.15) is 0 Å². The molecule has 1 aliphatic rings. The molecule has 1 atom stereocenters. The van der Waals surface area contributed by atoms with Crippen LogP contribution in [0.3, 0.4) is 0 Å². The lowest BCUT2D eigenvalue weighted by molar-refractivity contribution is 0.571. The third-order valence-corrected chi connectivity index (χ3v) is 2.97. The van der Waals surface area contributed by atoms with E-state index in [1.54, 1.807) is 0 Å². The first-order chi connectivity index (χ1) is 6.61. The Kier molecular flexibility index (Phi) is 2.10. The fourth-order valence-electron chi connectivity index (χ4n) is 2.31. The van der Waals surface area contributed by atoms with Crippen LogP contribution in [0, 0.1) is 12.8 Å². The van der Waals surface area contributed by atoms with E-state index in [-0.39, 0.29) is 0 Å². The molecule has 1 unspecified atom stereocenters. The Morgan fingerprint density at radius 1 is 1.36 bits per heavy atom. The van der Waals surface area contributed by atoms with Gasteiger partial charge in [0.05, 0.1) is 0 Å². The average Bonchev–Trinajstić information content (AvgIpc) is 2.42. The minimum absolute atomic E-state index is 0.477. The molecule has 74 valence electrons. The first kappa shape index (κ1) is 9.32. The van der Waals surface area contributed by atoms with Gasteiger partial charge in [0.2, 0.25) is 0 Å². The number of fused-ring (bicyclic) bond motifs is 1. The van der Waals surface area contributed by atoms with Crippen LogP contribution in [0.5, 0.6) is 0 Å². The molecule has 0 bridgehead atoms. The lowest BCUT2D eigenvalue weighted by Gasteiger charge is -2.15. The van der Waals surface area contributed by atoms with Crippen LogP contribution in [0.25, 0.3) is 0 Å². The molecule has 0 spiro atoms. The molecular weight excluding hydrogens is 170 g/mol. The number of anilines is 1. The fraction of sp³-hybridized carbons (Fsp3) is 0.385. The molecule has 0 amide bonds. The van der Waals surface area contributed by atoms with Gasteiger partial charge in [-0.1, -0.05) is 38.6 Å². The third kappa shape index (κ3) is 1.24. The van der Waals surface area contributed by atoms with Crippen LogP contribution in [-0.2, 0) is 0 Å². The molecule has 1 aromatic rings. The lowest BCUT2D eigenvalue weighted by Crippen LogP contribution is -2.05. The predicted molar refractivity (Wildman–Crippen MR) is 61.5 cm³/mol. The van der Waals surface area contributed by atoms with Crippen LogP contribution < -0.4 is 5.32 Å². The molecule has 14 heavy (non-hydrogen) atoms. The summed E-state index contributed by atoms with van der Waals surface area (Å²) in [6.07, 6.45) is 0. The van der Waals surface area contributed by atoms with Crippen molar-refractivity contribution in [2.75, 3.05) is 5.32 Å². The Balaban J connectivity index is 2.53. The van der Waals surface area contributed by atoms with Crippen LogP contribution in [0.15, 0.2) is 30.5 Å². The summed E-state index contributed by atoms with van der Waals surface area (Å²) in [7, 11) is 0. The zero-order valence-corrected chi connectivity index (χ0v) is 9.09. The summed E-state index contributed by atoms with van der Waals surface area (Å²) < 4.78 is 0. The first-order valence-electron chi connectivity index (χ1n) is 5.16. The molecule has 0 saturated heterocycles. The molecule has 1 nitrogen and oxygen atoms in total. The number of nitrogens with one attached hydrogen (secondary N) is 1. The van der Waals surface area contributed by atoms with E-state index in [1.807, 2.05) is 0 Å². The van der Waals surface area contributed by atoms with Crippen molar-refractivity contribution < 1.29 is 0 Å². The van der Waals surface area contributed by atoms with Crippen LogP contribution in [0.4, 0.5) is 5.69 Å². The summed E-state index contributed by atoms with van der Waals surface area (Å²) in [5.41, 5.74) is 5.14. The third-order valence-electron chi connectivity index (χ3n) is 2.97. The molecule has 1 N–H and O–H groups in total. The van der Waals surface area contributed by atoms with Crippen molar-refractivity contribution in [2.45, 2.75) is 26.7 Å². The average molecular weight is 187 g/mol. The van der Waals surface area contributed by atoms with Crippen molar-refractivity contribution in [2.24, 2.45) is 5.92 Å². The van der Waals surface area contributed by atoms with E-state index in [0.29, 0.717) is 11.8 Å². The number of hydrogen-bond donors (Lipinski definition) is 1. The van der Waals surface area contributed by atoms with Gasteiger partial charge < -0.3 is 5.32 Å². The largest absolute Gasteiger partial charge is 0.358 e. The van der Waals surface area contributed by atoms with Gasteiger partial charge in [0, 0.05) is 17.3 Å². The highest BCUT2D eigenvalue weighted by Crippen LogP contribution is 2.43. The molecule has 0 aliphatic carbocycles. The highest BCUT2D eigenvalue weighted by atomic mass is 14.9. The Morgan fingerprint density at radius 2 is 2.07 bits per heavy atom. The number of rotatable bonds is 1. The van der Waals surface area contributed by atoms with Gasteiger partial charge in [-0.3, -0.25) is 0 Å². The molecule has 0 saturated carbocycles. The number of hydrogen-bond acceptors (Lipinski definition) is 1. The molecule has 0 fully saturated rings. The number of para-hydroxylation sites is 1. The van der Waals surface area contributed by atoms with Crippen molar-refractivity contribution in [1.82, 2.24) is 0 Å². The van der Waals surface area contributed by atoms with Gasteiger partial charge >= 0.3 is 0 Å². The molecule has 1 heteroatoms. The van der Waals surface area contributed by atoms with E-state index in [0.717, 1.165) is 5.70 Å². The van der Waals surface area contributed by atoms with Crippen LogP contribution in [0.2, 0.25) is 0 Å². The minimum Gasteiger partial charge on any atom is -0.358 e. The zero-order valence-electron chi connectivity index (χ0n) is 9.09. The maximum Gasteiger partial charge on any atom is 0.0451 e. The predicted octanol–water partition coefficient (Wildman–Crippen LogP) is 3.67. The van der Waals surface area contributed by atoms with E-state index < -0.39 is 0 Å². The minimum atomic E-state index is 0.477. The second-order valence-electron chi connectivity index (χ2n) is 4.41. The highest BCUT2D eigenvalue weighted by molar-refractivity contribution is 5.68. The smallest absolute Gasteiger partial charge is 0.0451 e. The van der Waals surface area contributed by atoms with Gasteiger partial charge in [-0.05, 0) is 24.0 Å². The lowest BCUT2D eigenvalue weighted by atomic mass is 9.88. The second kappa shape index (κ2) is 3.16. The Hall–Kier alpha value is -1.24. The molecule has 0 aromatic heterocycles. The molecule has 0 radical (unpaired) electrons. The zero-order chi connectivity index (χ0) is 10.3. The van der Waals surface area contributed by atoms with Crippen molar-refractivity contribution in [3.05, 3.63) is 41.6 Å². The highest BCUT2D eigenvalue weighted by Gasteiger charge is 2.28. The first-order valence-corrected chi connectivity index (χ1v) is 5.16. The van der Waals surface area contributed by atoms with Gasteiger partial charge in [-0.25, -0.2) is 0 Å². The SMILES string of the molecule is C=C1Nc2c(C)cccc2C1C(C)C. The van der Waals surface area contributed by atoms with E-state index in [4.69, 9.17) is 0 Å². The summed E-state index contributed by atoms with van der Waals surface area (Å²) >= 11 is 0. The van der Waals surface area contributed by atoms with Crippen LogP contribution >= 0.6 is 0 Å². The molecule has 1 heterocycles.